The summed E-state index contributed by atoms with van der Waals surface area (Å²) in [4.78, 5) is 12.6. The molecular weight excluding hydrogens is 268 g/mol. The Bertz CT molecular complexity index is 447. The minimum absolute atomic E-state index is 0.511. The van der Waals surface area contributed by atoms with Gasteiger partial charge in [-0.1, -0.05) is 0 Å². The Labute approximate surface area is 116 Å². The second kappa shape index (κ2) is 6.24. The van der Waals surface area contributed by atoms with Gasteiger partial charge in [0.15, 0.2) is 0 Å². The number of amides is 1. The fraction of sp³-hybridized carbons (Fsp3) is 0.500. The monoisotopic (exact) mass is 286 g/mol. The van der Waals surface area contributed by atoms with Crippen LogP contribution >= 0.6 is 23.1 Å². The molecule has 0 aliphatic heterocycles. The fourth-order valence-corrected chi connectivity index (χ4v) is 3.00. The maximum absolute atomic E-state index is 11.4. The average molecular weight is 286 g/mol. The number of nitrogens with zero attached hydrogens (tertiary/aromatic N) is 1. The van der Waals surface area contributed by atoms with Gasteiger partial charge in [0.2, 0.25) is 0 Å². The Balaban J connectivity index is 2.57. The van der Waals surface area contributed by atoms with Gasteiger partial charge in [-0.05, 0) is 40.0 Å². The summed E-state index contributed by atoms with van der Waals surface area (Å²) >= 11 is 3.38. The zero-order valence-electron chi connectivity index (χ0n) is 11.2. The number of thiophene rings is 1. The molecule has 0 atom stereocenters. The predicted molar refractivity (Wildman–Crippen MR) is 77.8 cm³/mol. The van der Waals surface area contributed by atoms with Gasteiger partial charge in [0.1, 0.15) is 5.60 Å². The Kier molecular flexibility index (Phi) is 5.22. The van der Waals surface area contributed by atoms with Crippen LogP contribution in [0.5, 0.6) is 0 Å². The molecule has 0 saturated carbocycles. The maximum atomic E-state index is 11.4. The van der Waals surface area contributed by atoms with Gasteiger partial charge in [-0.2, -0.15) is 5.10 Å². The highest BCUT2D eigenvalue weighted by Crippen LogP contribution is 2.28. The normalized spacial score (nSPS) is 11.8. The van der Waals surface area contributed by atoms with Crippen molar-refractivity contribution in [3.8, 4) is 0 Å². The predicted octanol–water partition coefficient (Wildman–Crippen LogP) is 3.64. The molecule has 0 saturated heterocycles. The Hall–Kier alpha value is -1.01. The van der Waals surface area contributed by atoms with E-state index in [4.69, 9.17) is 4.74 Å². The first-order valence-corrected chi connectivity index (χ1v) is 7.52. The molecule has 0 fully saturated rings. The Morgan fingerprint density at radius 1 is 1.56 bits per heavy atom. The number of nitrogens with one attached hydrogen (secondary N) is 1. The number of carbonyl (C=O) groups is 1. The molecule has 1 heterocycles. The van der Waals surface area contributed by atoms with Crippen LogP contribution in [0, 0.1) is 6.92 Å². The minimum atomic E-state index is -0.545. The number of hydrazone groups is 1. The molecule has 0 radical (unpaired) electrons. The van der Waals surface area contributed by atoms with Crippen molar-refractivity contribution < 1.29 is 9.53 Å². The van der Waals surface area contributed by atoms with E-state index in [1.54, 1.807) is 29.3 Å². The van der Waals surface area contributed by atoms with Gasteiger partial charge < -0.3 is 4.74 Å². The molecule has 0 unspecified atom stereocenters. The number of rotatable bonds is 3. The van der Waals surface area contributed by atoms with E-state index in [0.29, 0.717) is 0 Å². The van der Waals surface area contributed by atoms with E-state index in [-0.39, 0.29) is 0 Å². The van der Waals surface area contributed by atoms with E-state index in [0.717, 1.165) is 5.56 Å². The molecule has 18 heavy (non-hydrogen) atoms. The molecule has 1 N–H and O–H groups in total. The quantitative estimate of drug-likeness (QED) is 0.524. The van der Waals surface area contributed by atoms with Crippen molar-refractivity contribution in [3.63, 3.8) is 0 Å². The van der Waals surface area contributed by atoms with Gasteiger partial charge in [0.25, 0.3) is 0 Å². The molecule has 1 aromatic heterocycles. The summed E-state index contributed by atoms with van der Waals surface area (Å²) in [5, 5.41) is 3.89. The standard InChI is InChI=1S/C12H18N2O2S2/c1-8-6-9(10(17-5)18-8)7-13-14-11(15)16-12(2,3)4/h6-7H,1-5H3,(H,14,15). The highest BCUT2D eigenvalue weighted by atomic mass is 32.2. The van der Waals surface area contributed by atoms with E-state index in [1.165, 1.54) is 9.09 Å². The highest BCUT2D eigenvalue weighted by Gasteiger charge is 2.15. The van der Waals surface area contributed by atoms with Crippen molar-refractivity contribution in [1.82, 2.24) is 5.43 Å². The van der Waals surface area contributed by atoms with Crippen LogP contribution in [0.4, 0.5) is 4.79 Å². The van der Waals surface area contributed by atoms with Gasteiger partial charge in [-0.3, -0.25) is 0 Å². The van der Waals surface area contributed by atoms with Crippen LogP contribution < -0.4 is 5.43 Å². The number of ether oxygens (including phenoxy) is 1. The van der Waals surface area contributed by atoms with Crippen molar-refractivity contribution in [3.05, 3.63) is 16.5 Å². The SMILES string of the molecule is CSc1sc(C)cc1C=NNC(=O)OC(C)(C)C. The molecular formula is C12H18N2O2S2. The van der Waals surface area contributed by atoms with Crippen molar-refractivity contribution in [2.45, 2.75) is 37.5 Å². The fourth-order valence-electron chi connectivity index (χ4n) is 1.22. The van der Waals surface area contributed by atoms with Crippen molar-refractivity contribution >= 4 is 35.4 Å². The van der Waals surface area contributed by atoms with Crippen LogP contribution in [-0.2, 0) is 4.74 Å². The summed E-state index contributed by atoms with van der Waals surface area (Å²) in [6, 6.07) is 2.04. The third-order valence-electron chi connectivity index (χ3n) is 1.79. The van der Waals surface area contributed by atoms with Gasteiger partial charge >= 0.3 is 6.09 Å². The summed E-state index contributed by atoms with van der Waals surface area (Å²) in [5.41, 5.74) is 2.86. The molecule has 1 rings (SSSR count). The molecule has 0 aliphatic carbocycles. The van der Waals surface area contributed by atoms with E-state index < -0.39 is 11.7 Å². The number of thioether (sulfide) groups is 1. The molecule has 1 aromatic rings. The van der Waals surface area contributed by atoms with Crippen LogP contribution in [-0.4, -0.2) is 24.2 Å². The largest absolute Gasteiger partial charge is 0.443 e. The molecule has 0 aromatic carbocycles. The van der Waals surface area contributed by atoms with Crippen molar-refractivity contribution in [2.75, 3.05) is 6.26 Å². The van der Waals surface area contributed by atoms with Crippen LogP contribution in [0.25, 0.3) is 0 Å². The first kappa shape index (κ1) is 15.0. The van der Waals surface area contributed by atoms with Crippen molar-refractivity contribution in [2.24, 2.45) is 5.10 Å². The summed E-state index contributed by atoms with van der Waals surface area (Å²) in [6.45, 7) is 7.47. The summed E-state index contributed by atoms with van der Waals surface area (Å²) in [7, 11) is 0. The third kappa shape index (κ3) is 5.10. The lowest BCUT2D eigenvalue weighted by Crippen LogP contribution is -2.29. The van der Waals surface area contributed by atoms with Gasteiger partial charge in [0, 0.05) is 10.4 Å². The maximum Gasteiger partial charge on any atom is 0.428 e. The van der Waals surface area contributed by atoms with Crippen molar-refractivity contribution in [1.29, 1.82) is 0 Å². The summed E-state index contributed by atoms with van der Waals surface area (Å²) < 4.78 is 6.25. The summed E-state index contributed by atoms with van der Waals surface area (Å²) in [6.07, 6.45) is 3.11. The van der Waals surface area contributed by atoms with Crippen LogP contribution in [0.3, 0.4) is 0 Å². The van der Waals surface area contributed by atoms with Crippen LogP contribution in [0.15, 0.2) is 15.4 Å². The summed E-state index contributed by atoms with van der Waals surface area (Å²) in [5.74, 6) is 0. The molecule has 0 aliphatic rings. The zero-order chi connectivity index (χ0) is 13.8. The van der Waals surface area contributed by atoms with Gasteiger partial charge in [-0.15, -0.1) is 23.1 Å². The molecule has 0 bridgehead atoms. The lowest BCUT2D eigenvalue weighted by atomic mass is 10.2. The van der Waals surface area contributed by atoms with E-state index in [2.05, 4.69) is 10.5 Å². The average Bonchev–Trinajstić information content (AvgIpc) is 2.56. The smallest absolute Gasteiger partial charge is 0.428 e. The highest BCUT2D eigenvalue weighted by molar-refractivity contribution is 8.00. The number of hydrogen-bond donors (Lipinski definition) is 1. The first-order chi connectivity index (χ1) is 8.31. The van der Waals surface area contributed by atoms with Gasteiger partial charge in [0.05, 0.1) is 10.4 Å². The van der Waals surface area contributed by atoms with Crippen LogP contribution in [0.1, 0.15) is 31.2 Å². The first-order valence-electron chi connectivity index (χ1n) is 5.48. The van der Waals surface area contributed by atoms with Crippen LogP contribution in [0.2, 0.25) is 0 Å². The number of carbonyl (C=O) groups excluding carboxylic acids is 1. The minimum Gasteiger partial charge on any atom is -0.443 e. The van der Waals surface area contributed by atoms with E-state index in [9.17, 15) is 4.79 Å². The Morgan fingerprint density at radius 3 is 2.78 bits per heavy atom. The van der Waals surface area contributed by atoms with E-state index in [1.807, 2.05) is 40.0 Å². The molecule has 6 heteroatoms. The topological polar surface area (TPSA) is 50.7 Å². The molecule has 0 spiro atoms. The van der Waals surface area contributed by atoms with Gasteiger partial charge in [-0.25, -0.2) is 10.2 Å². The number of aryl methyl sites for hydroxylation is 1. The lowest BCUT2D eigenvalue weighted by Gasteiger charge is -2.18. The molecule has 4 nitrogen and oxygen atoms in total. The second-order valence-corrected chi connectivity index (χ2v) is 7.01. The zero-order valence-corrected chi connectivity index (χ0v) is 12.9. The lowest BCUT2D eigenvalue weighted by molar-refractivity contribution is 0.0529. The van der Waals surface area contributed by atoms with E-state index >= 15 is 0 Å². The molecule has 100 valence electrons. The number of hydrogen-bond acceptors (Lipinski definition) is 5. The third-order valence-corrected chi connectivity index (χ3v) is 4.01. The second-order valence-electron chi connectivity index (χ2n) is 4.68. The Morgan fingerprint density at radius 2 is 2.22 bits per heavy atom. The molecule has 1 amide bonds.